The van der Waals surface area contributed by atoms with Crippen LogP contribution in [0.3, 0.4) is 0 Å². The molecule has 0 aliphatic carbocycles. The van der Waals surface area contributed by atoms with E-state index < -0.39 is 17.8 Å². The Kier molecular flexibility index (Phi) is 16.9. The molecule has 3 amide bonds. The summed E-state index contributed by atoms with van der Waals surface area (Å²) in [6.07, 6.45) is 4.76. The lowest BCUT2D eigenvalue weighted by Gasteiger charge is -2.32. The maximum atomic E-state index is 14.0. The predicted octanol–water partition coefficient (Wildman–Crippen LogP) is 7.22. The number of anilines is 3. The van der Waals surface area contributed by atoms with Crippen LogP contribution in [0.25, 0.3) is 0 Å². The summed E-state index contributed by atoms with van der Waals surface area (Å²) in [5.41, 5.74) is 4.59. The molecule has 1 aromatic heterocycles. The Morgan fingerprint density at radius 1 is 0.705 bits per heavy atom. The lowest BCUT2D eigenvalue weighted by molar-refractivity contribution is -0.140. The highest BCUT2D eigenvalue weighted by atomic mass is 16.4. The first-order valence-electron chi connectivity index (χ1n) is 21.1. The molecule has 0 spiro atoms. The largest absolute Gasteiger partial charge is 0.481 e. The van der Waals surface area contributed by atoms with Gasteiger partial charge in [-0.05, 0) is 104 Å². The molecule has 0 radical (unpaired) electrons. The number of carbonyl (C=O) groups excluding carboxylic acids is 3. The first kappa shape index (κ1) is 46.0. The van der Waals surface area contributed by atoms with Crippen molar-refractivity contribution >= 4 is 46.9 Å². The molecule has 0 unspecified atom stereocenters. The number of pyridine rings is 1. The van der Waals surface area contributed by atoms with Crippen molar-refractivity contribution in [3.63, 3.8) is 0 Å². The van der Waals surface area contributed by atoms with Crippen LogP contribution in [0.15, 0.2) is 84.9 Å². The summed E-state index contributed by atoms with van der Waals surface area (Å²) in [7, 11) is 3.67. The molecule has 1 aliphatic rings. The molecule has 324 valence electrons. The van der Waals surface area contributed by atoms with Crippen LogP contribution in [0.4, 0.5) is 17.2 Å². The van der Waals surface area contributed by atoms with E-state index in [0.717, 1.165) is 61.9 Å². The summed E-state index contributed by atoms with van der Waals surface area (Å²) in [6.45, 7) is 8.74. The molecule has 2 heterocycles. The minimum Gasteiger partial charge on any atom is -0.481 e. The van der Waals surface area contributed by atoms with Gasteiger partial charge in [-0.15, -0.1) is 0 Å². The number of nitrogens with one attached hydrogen (secondary N) is 2. The quantitative estimate of drug-likeness (QED) is 0.0667. The zero-order valence-electron chi connectivity index (χ0n) is 35.7. The highest BCUT2D eigenvalue weighted by Crippen LogP contribution is 2.25. The van der Waals surface area contributed by atoms with Crippen molar-refractivity contribution in [1.29, 1.82) is 0 Å². The lowest BCUT2D eigenvalue weighted by Crippen LogP contribution is -2.41. The number of carboxylic acid groups (broad SMARTS) is 2. The molecule has 0 saturated carbocycles. The number of piperidine rings is 1. The molecule has 1 saturated heterocycles. The monoisotopic (exact) mass is 833 g/mol. The van der Waals surface area contributed by atoms with E-state index in [1.807, 2.05) is 67.7 Å². The Bertz CT molecular complexity index is 2120. The highest BCUT2D eigenvalue weighted by Gasteiger charge is 2.22. The van der Waals surface area contributed by atoms with Gasteiger partial charge in [0.25, 0.3) is 11.8 Å². The number of aromatic nitrogens is 1. The third-order valence-electron chi connectivity index (χ3n) is 11.1. The third kappa shape index (κ3) is 13.7. The van der Waals surface area contributed by atoms with Crippen LogP contribution in [-0.2, 0) is 29.2 Å². The first-order chi connectivity index (χ1) is 29.3. The number of rotatable bonds is 21. The van der Waals surface area contributed by atoms with E-state index in [1.165, 1.54) is 0 Å². The molecule has 61 heavy (non-hydrogen) atoms. The number of carbonyl (C=O) groups is 5. The minimum absolute atomic E-state index is 0.0445. The Morgan fingerprint density at radius 2 is 1.36 bits per heavy atom. The minimum atomic E-state index is -1.00. The maximum Gasteiger partial charge on any atom is 0.335 e. The van der Waals surface area contributed by atoms with Crippen LogP contribution < -0.4 is 15.5 Å². The van der Waals surface area contributed by atoms with E-state index in [0.29, 0.717) is 49.8 Å². The first-order valence-corrected chi connectivity index (χ1v) is 21.1. The molecule has 3 aromatic carbocycles. The van der Waals surface area contributed by atoms with Gasteiger partial charge >= 0.3 is 11.9 Å². The van der Waals surface area contributed by atoms with E-state index in [-0.39, 0.29) is 47.6 Å². The lowest BCUT2D eigenvalue weighted by atomic mass is 10.1. The Balaban J connectivity index is 1.28. The van der Waals surface area contributed by atoms with Gasteiger partial charge in [0.15, 0.2) is 5.69 Å². The zero-order chi connectivity index (χ0) is 43.9. The van der Waals surface area contributed by atoms with Crippen LogP contribution in [0.1, 0.15) is 107 Å². The van der Waals surface area contributed by atoms with E-state index in [1.54, 1.807) is 36.2 Å². The summed E-state index contributed by atoms with van der Waals surface area (Å²) in [4.78, 5) is 75.5. The summed E-state index contributed by atoms with van der Waals surface area (Å²) in [5, 5.41) is 24.1. The number of hydrogen-bond donors (Lipinski definition) is 4. The fraction of sp³-hybridized carbons (Fsp3) is 0.404. The third-order valence-corrected chi connectivity index (χ3v) is 11.1. The van der Waals surface area contributed by atoms with Gasteiger partial charge in [0.1, 0.15) is 5.82 Å². The van der Waals surface area contributed by atoms with E-state index in [9.17, 15) is 29.1 Å². The predicted molar refractivity (Wildman–Crippen MR) is 237 cm³/mol. The summed E-state index contributed by atoms with van der Waals surface area (Å²) < 4.78 is 0. The maximum absolute atomic E-state index is 14.0. The molecular formula is C47H59N7O7. The second kappa shape index (κ2) is 22.5. The molecular weight excluding hydrogens is 775 g/mol. The van der Waals surface area contributed by atoms with Gasteiger partial charge in [0, 0.05) is 76.6 Å². The van der Waals surface area contributed by atoms with Gasteiger partial charge in [-0.1, -0.05) is 50.2 Å². The molecule has 0 bridgehead atoms. The number of carboxylic acids is 2. The number of likely N-dealkylation sites (N-methyl/N-ethyl adjacent to an activating group) is 1. The van der Waals surface area contributed by atoms with Crippen LogP contribution in [-0.4, -0.2) is 106 Å². The smallest absolute Gasteiger partial charge is 0.335 e. The number of benzene rings is 3. The van der Waals surface area contributed by atoms with Crippen LogP contribution in [0.2, 0.25) is 0 Å². The summed E-state index contributed by atoms with van der Waals surface area (Å²) in [6, 6.07) is 25.6. The molecule has 5 rings (SSSR count). The molecule has 14 heteroatoms. The van der Waals surface area contributed by atoms with Crippen LogP contribution in [0.5, 0.6) is 0 Å². The Hall–Kier alpha value is -6.12. The molecule has 4 N–H and O–H groups in total. The Morgan fingerprint density at radius 3 is 1.98 bits per heavy atom. The van der Waals surface area contributed by atoms with Gasteiger partial charge in [-0.25, -0.2) is 9.78 Å². The number of hydrogen-bond acceptors (Lipinski definition) is 9. The van der Waals surface area contributed by atoms with Crippen molar-refractivity contribution in [1.82, 2.24) is 19.7 Å². The number of aliphatic carboxylic acids is 1. The van der Waals surface area contributed by atoms with Crippen molar-refractivity contribution in [2.45, 2.75) is 84.5 Å². The normalized spacial score (nSPS) is 12.7. The number of aromatic carboxylic acids is 1. The van der Waals surface area contributed by atoms with E-state index in [2.05, 4.69) is 39.2 Å². The highest BCUT2D eigenvalue weighted by molar-refractivity contribution is 6.11. The van der Waals surface area contributed by atoms with Crippen LogP contribution >= 0.6 is 0 Å². The fourth-order valence-corrected chi connectivity index (χ4v) is 7.58. The second-order valence-corrected chi connectivity index (χ2v) is 15.7. The SMILES string of the molecule is CCC(CC)N(CCN(C)C(=O)CCC(=O)O)Cc1cccc(C(=O)Nc2ccc(N3CCCCC3)nc2C(=O)Nc2ccc(CN(C)Cc3ccc(C(=O)O)cc3)cc2)c1. The van der Waals surface area contributed by atoms with Gasteiger partial charge < -0.3 is 30.6 Å². The van der Waals surface area contributed by atoms with Crippen molar-refractivity contribution in [2.24, 2.45) is 0 Å². The van der Waals surface area contributed by atoms with Gasteiger partial charge in [0.05, 0.1) is 17.7 Å². The van der Waals surface area contributed by atoms with Crippen molar-refractivity contribution in [3.05, 3.63) is 118 Å². The van der Waals surface area contributed by atoms with Crippen LogP contribution in [0, 0.1) is 0 Å². The molecule has 4 aromatic rings. The standard InChI is InChI=1S/C47H59N7O7/c1-5-39(6-2)54(28-27-52(4)42(55)23-24-43(56)57)32-35-11-10-12-37(29-35)45(58)49-40-21-22-41(53-25-8-7-9-26-53)50-44(40)46(59)48-38-19-15-34(16-20-38)31-51(3)30-33-13-17-36(18-14-33)47(60)61/h10-22,29,39H,5-9,23-28,30-32H2,1-4H3,(H,48,59)(H,49,58)(H,56,57)(H,60,61). The molecule has 1 aliphatic heterocycles. The number of amides is 3. The van der Waals surface area contributed by atoms with Gasteiger partial charge in [0.2, 0.25) is 5.91 Å². The molecule has 0 atom stereocenters. The molecule has 14 nitrogen and oxygen atoms in total. The number of nitrogens with zero attached hydrogens (tertiary/aromatic N) is 5. The van der Waals surface area contributed by atoms with E-state index in [4.69, 9.17) is 10.1 Å². The summed E-state index contributed by atoms with van der Waals surface area (Å²) >= 11 is 0. The summed E-state index contributed by atoms with van der Waals surface area (Å²) in [5.74, 6) is -2.33. The van der Waals surface area contributed by atoms with Crippen molar-refractivity contribution in [3.8, 4) is 0 Å². The fourth-order valence-electron chi connectivity index (χ4n) is 7.58. The second-order valence-electron chi connectivity index (χ2n) is 15.7. The average molecular weight is 834 g/mol. The topological polar surface area (TPSA) is 176 Å². The van der Waals surface area contributed by atoms with E-state index >= 15 is 0 Å². The van der Waals surface area contributed by atoms with Gasteiger partial charge in [-0.3, -0.25) is 29.0 Å². The van der Waals surface area contributed by atoms with Gasteiger partial charge in [-0.2, -0.15) is 0 Å². The average Bonchev–Trinajstić information content (AvgIpc) is 3.26. The molecule has 1 fully saturated rings. The van der Waals surface area contributed by atoms with Crippen molar-refractivity contribution < 1.29 is 34.2 Å². The Labute approximate surface area is 358 Å². The van der Waals surface area contributed by atoms with Crippen molar-refractivity contribution in [2.75, 3.05) is 55.8 Å². The zero-order valence-corrected chi connectivity index (χ0v) is 35.7.